The van der Waals surface area contributed by atoms with Crippen LogP contribution in [0.3, 0.4) is 0 Å². The molecule has 1 heterocycles. The van der Waals surface area contributed by atoms with Crippen molar-refractivity contribution in [2.24, 2.45) is 0 Å². The Morgan fingerprint density at radius 2 is 2.08 bits per heavy atom. The van der Waals surface area contributed by atoms with Crippen molar-refractivity contribution in [3.05, 3.63) is 28.8 Å². The zero-order valence-corrected chi connectivity index (χ0v) is 17.3. The first kappa shape index (κ1) is 19.5. The summed E-state index contributed by atoms with van der Waals surface area (Å²) in [6.45, 7) is 3.76. The van der Waals surface area contributed by atoms with Crippen molar-refractivity contribution in [1.29, 1.82) is 0 Å². The van der Waals surface area contributed by atoms with E-state index in [9.17, 15) is 4.79 Å². The van der Waals surface area contributed by atoms with Crippen LogP contribution in [0.2, 0.25) is 5.02 Å². The lowest BCUT2D eigenvalue weighted by Gasteiger charge is -2.21. The predicted molar refractivity (Wildman–Crippen MR) is 111 cm³/mol. The minimum absolute atomic E-state index is 0.0719. The Bertz CT molecular complexity index is 761. The highest BCUT2D eigenvalue weighted by atomic mass is 35.5. The number of amides is 1. The van der Waals surface area contributed by atoms with Crippen molar-refractivity contribution >= 4 is 51.4 Å². The molecule has 1 saturated carbocycles. The summed E-state index contributed by atoms with van der Waals surface area (Å²) in [5, 5.41) is 16.1. The first-order valence-electron chi connectivity index (χ1n) is 8.85. The molecular formula is C18H23ClN4OS2. The lowest BCUT2D eigenvalue weighted by Crippen LogP contribution is -2.22. The molecule has 0 bridgehead atoms. The molecule has 0 radical (unpaired) electrons. The minimum atomic E-state index is -0.274. The van der Waals surface area contributed by atoms with Gasteiger partial charge < -0.3 is 10.6 Å². The maximum atomic E-state index is 12.5. The van der Waals surface area contributed by atoms with Gasteiger partial charge >= 0.3 is 0 Å². The van der Waals surface area contributed by atoms with Crippen molar-refractivity contribution in [2.75, 3.05) is 10.6 Å². The van der Waals surface area contributed by atoms with Gasteiger partial charge in [-0.3, -0.25) is 4.79 Å². The number of halogens is 1. The number of anilines is 2. The van der Waals surface area contributed by atoms with E-state index >= 15 is 0 Å². The summed E-state index contributed by atoms with van der Waals surface area (Å²) in [6, 6.07) is 6.00. The fourth-order valence-electron chi connectivity index (χ4n) is 2.92. The third-order valence-electron chi connectivity index (χ3n) is 4.51. The number of hydrogen-bond donors (Lipinski definition) is 2. The van der Waals surface area contributed by atoms with Gasteiger partial charge in [0.25, 0.3) is 0 Å². The van der Waals surface area contributed by atoms with Crippen LogP contribution in [0, 0.1) is 6.92 Å². The molecule has 26 heavy (non-hydrogen) atoms. The van der Waals surface area contributed by atoms with Gasteiger partial charge in [0.05, 0.1) is 5.25 Å². The van der Waals surface area contributed by atoms with E-state index in [1.165, 1.54) is 55.2 Å². The number of thioether (sulfide) groups is 1. The Labute approximate surface area is 167 Å². The van der Waals surface area contributed by atoms with Gasteiger partial charge in [-0.25, -0.2) is 0 Å². The molecule has 2 aromatic rings. The van der Waals surface area contributed by atoms with Crippen molar-refractivity contribution in [3.8, 4) is 0 Å². The van der Waals surface area contributed by atoms with Crippen LogP contribution >= 0.6 is 34.7 Å². The van der Waals surface area contributed by atoms with Crippen LogP contribution in [0.4, 0.5) is 10.8 Å². The highest BCUT2D eigenvalue weighted by Crippen LogP contribution is 2.31. The van der Waals surface area contributed by atoms with Crippen molar-refractivity contribution in [3.63, 3.8) is 0 Å². The predicted octanol–water partition coefficient (Wildman–Crippen LogP) is 5.36. The molecule has 2 N–H and O–H groups in total. The molecule has 1 unspecified atom stereocenters. The van der Waals surface area contributed by atoms with Gasteiger partial charge in [0.2, 0.25) is 11.0 Å². The Morgan fingerprint density at radius 1 is 1.31 bits per heavy atom. The van der Waals surface area contributed by atoms with Crippen molar-refractivity contribution in [1.82, 2.24) is 10.2 Å². The number of nitrogens with zero attached hydrogens (tertiary/aromatic N) is 2. The molecule has 1 atom stereocenters. The molecule has 1 aromatic heterocycles. The van der Waals surface area contributed by atoms with Crippen LogP contribution in [0.25, 0.3) is 0 Å². The van der Waals surface area contributed by atoms with Gasteiger partial charge in [-0.1, -0.05) is 60.0 Å². The van der Waals surface area contributed by atoms with Gasteiger partial charge in [0.1, 0.15) is 0 Å². The number of nitrogens with one attached hydrogen (secondary N) is 2. The summed E-state index contributed by atoms with van der Waals surface area (Å²) < 4.78 is 0.800. The summed E-state index contributed by atoms with van der Waals surface area (Å²) in [5.41, 5.74) is 1.61. The van der Waals surface area contributed by atoms with Gasteiger partial charge in [-0.15, -0.1) is 10.2 Å². The van der Waals surface area contributed by atoms with Crippen LogP contribution in [0.1, 0.15) is 44.6 Å². The molecule has 1 amide bonds. The topological polar surface area (TPSA) is 66.9 Å². The first-order chi connectivity index (χ1) is 12.5. The van der Waals surface area contributed by atoms with Crippen LogP contribution in [-0.2, 0) is 4.79 Å². The second-order valence-corrected chi connectivity index (χ2v) is 9.49. The van der Waals surface area contributed by atoms with E-state index in [-0.39, 0.29) is 11.2 Å². The normalized spacial score (nSPS) is 16.3. The molecule has 0 saturated heterocycles. The molecule has 1 fully saturated rings. The van der Waals surface area contributed by atoms with Gasteiger partial charge in [0.15, 0.2) is 4.34 Å². The molecule has 5 nitrogen and oxygen atoms in total. The largest absolute Gasteiger partial charge is 0.357 e. The lowest BCUT2D eigenvalue weighted by molar-refractivity contribution is -0.115. The van der Waals surface area contributed by atoms with E-state index in [1.807, 2.05) is 32.0 Å². The molecule has 0 aliphatic heterocycles. The third-order valence-corrected chi connectivity index (χ3v) is 6.96. The zero-order valence-electron chi connectivity index (χ0n) is 14.9. The highest BCUT2D eigenvalue weighted by molar-refractivity contribution is 8.02. The Balaban J connectivity index is 1.54. The fraction of sp³-hybridized carbons (Fsp3) is 0.500. The van der Waals surface area contributed by atoms with E-state index in [0.29, 0.717) is 11.1 Å². The summed E-state index contributed by atoms with van der Waals surface area (Å²) in [4.78, 5) is 12.5. The Kier molecular flexibility index (Phi) is 6.78. The van der Waals surface area contributed by atoms with Gasteiger partial charge in [-0.05, 0) is 44.4 Å². The molecule has 3 rings (SSSR count). The summed E-state index contributed by atoms with van der Waals surface area (Å²) in [6.07, 6.45) is 6.27. The van der Waals surface area contributed by atoms with Gasteiger partial charge in [0, 0.05) is 16.8 Å². The summed E-state index contributed by atoms with van der Waals surface area (Å²) in [7, 11) is 0. The average Bonchev–Trinajstić information content (AvgIpc) is 3.06. The molecule has 8 heteroatoms. The zero-order chi connectivity index (χ0) is 18.5. The molecule has 1 aliphatic rings. The van der Waals surface area contributed by atoms with Gasteiger partial charge in [-0.2, -0.15) is 0 Å². The third kappa shape index (κ3) is 5.11. The second kappa shape index (κ2) is 9.06. The monoisotopic (exact) mass is 410 g/mol. The lowest BCUT2D eigenvalue weighted by atomic mass is 9.96. The fourth-order valence-corrected chi connectivity index (χ4v) is 5.07. The number of benzene rings is 1. The summed E-state index contributed by atoms with van der Waals surface area (Å²) in [5.74, 6) is -0.0719. The van der Waals surface area contributed by atoms with Crippen LogP contribution < -0.4 is 10.6 Å². The number of rotatable bonds is 6. The highest BCUT2D eigenvalue weighted by Gasteiger charge is 2.19. The standard InChI is InChI=1S/C18H23ClN4OS2/c1-11-14(19)9-6-10-15(11)21-16(24)12(2)25-18-23-22-17(26-18)20-13-7-4-3-5-8-13/h6,9-10,12-13H,3-5,7-8H2,1-2H3,(H,20,22)(H,21,24). The van der Waals surface area contributed by atoms with E-state index in [2.05, 4.69) is 20.8 Å². The molecule has 1 aliphatic carbocycles. The SMILES string of the molecule is Cc1c(Cl)cccc1NC(=O)C(C)Sc1nnc(NC2CCCCC2)s1. The molecular weight excluding hydrogens is 388 g/mol. The van der Waals surface area contributed by atoms with E-state index < -0.39 is 0 Å². The Morgan fingerprint density at radius 3 is 2.85 bits per heavy atom. The van der Waals surface area contributed by atoms with Crippen LogP contribution in [0.5, 0.6) is 0 Å². The minimum Gasteiger partial charge on any atom is -0.357 e. The van der Waals surface area contributed by atoms with Crippen LogP contribution in [-0.4, -0.2) is 27.4 Å². The van der Waals surface area contributed by atoms with E-state index in [4.69, 9.17) is 11.6 Å². The number of hydrogen-bond acceptors (Lipinski definition) is 6. The quantitative estimate of drug-likeness (QED) is 0.627. The molecule has 140 valence electrons. The number of aromatic nitrogens is 2. The van der Waals surface area contributed by atoms with Crippen molar-refractivity contribution in [2.45, 2.75) is 61.6 Å². The number of carbonyl (C=O) groups is 1. The van der Waals surface area contributed by atoms with Crippen molar-refractivity contribution < 1.29 is 4.79 Å². The Hall–Kier alpha value is -1.31. The molecule has 0 spiro atoms. The number of carbonyl (C=O) groups excluding carboxylic acids is 1. The van der Waals surface area contributed by atoms with Crippen LogP contribution in [0.15, 0.2) is 22.5 Å². The van der Waals surface area contributed by atoms with E-state index in [1.54, 1.807) is 0 Å². The summed E-state index contributed by atoms with van der Waals surface area (Å²) >= 11 is 9.05. The average molecular weight is 411 g/mol. The first-order valence-corrected chi connectivity index (χ1v) is 10.9. The van der Waals surface area contributed by atoms with E-state index in [0.717, 1.165) is 20.7 Å². The molecule has 1 aromatic carbocycles. The second-order valence-electron chi connectivity index (χ2n) is 6.51. The maximum absolute atomic E-state index is 12.5. The smallest absolute Gasteiger partial charge is 0.237 e. The maximum Gasteiger partial charge on any atom is 0.237 e.